The van der Waals surface area contributed by atoms with E-state index in [1.807, 2.05) is 0 Å². The van der Waals surface area contributed by atoms with Gasteiger partial charge < -0.3 is 0 Å². The molecular formula is C12H7Cl2N3. The van der Waals surface area contributed by atoms with E-state index in [-0.39, 0.29) is 0 Å². The summed E-state index contributed by atoms with van der Waals surface area (Å²) in [5, 5.41) is 10.1. The first-order chi connectivity index (χ1) is 8.20. The van der Waals surface area contributed by atoms with Crippen LogP contribution >= 0.6 is 23.2 Å². The first-order valence-electron chi connectivity index (χ1n) is 4.76. The van der Waals surface area contributed by atoms with Gasteiger partial charge in [-0.25, -0.2) is 4.98 Å². The third-order valence-electron chi connectivity index (χ3n) is 2.15. The fourth-order valence-corrected chi connectivity index (χ4v) is 1.80. The van der Waals surface area contributed by atoms with Crippen molar-refractivity contribution in [3.63, 3.8) is 0 Å². The number of rotatable bonds is 2. The standard InChI is InChI=1S/C12H7Cl2N3/c13-10-2-1-9(12(14)6-10)5-11(7-15)17-4-3-16-8-17/h1-6,8H/b11-5+. The zero-order valence-corrected chi connectivity index (χ0v) is 10.2. The third kappa shape index (κ3) is 2.68. The molecule has 5 heteroatoms. The summed E-state index contributed by atoms with van der Waals surface area (Å²) in [7, 11) is 0. The molecule has 0 N–H and O–H groups in total. The second-order valence-corrected chi connectivity index (χ2v) is 4.12. The van der Waals surface area contributed by atoms with Crippen molar-refractivity contribution in [3.05, 3.63) is 52.5 Å². The highest BCUT2D eigenvalue weighted by molar-refractivity contribution is 6.35. The van der Waals surface area contributed by atoms with Crippen LogP contribution in [0.25, 0.3) is 11.8 Å². The summed E-state index contributed by atoms with van der Waals surface area (Å²) in [5.74, 6) is 0. The number of nitrogens with zero attached hydrogens (tertiary/aromatic N) is 3. The van der Waals surface area contributed by atoms with Gasteiger partial charge in [-0.15, -0.1) is 0 Å². The van der Waals surface area contributed by atoms with Crippen molar-refractivity contribution in [1.82, 2.24) is 9.55 Å². The van der Waals surface area contributed by atoms with Crippen molar-refractivity contribution < 1.29 is 0 Å². The van der Waals surface area contributed by atoms with E-state index >= 15 is 0 Å². The van der Waals surface area contributed by atoms with Gasteiger partial charge in [0, 0.05) is 22.4 Å². The van der Waals surface area contributed by atoms with Crippen LogP contribution in [0.15, 0.2) is 36.9 Å². The monoisotopic (exact) mass is 263 g/mol. The number of allylic oxidation sites excluding steroid dienone is 1. The minimum atomic E-state index is 0.437. The maximum Gasteiger partial charge on any atom is 0.126 e. The molecule has 0 aliphatic heterocycles. The lowest BCUT2D eigenvalue weighted by atomic mass is 10.2. The highest BCUT2D eigenvalue weighted by atomic mass is 35.5. The maximum absolute atomic E-state index is 9.07. The molecule has 0 radical (unpaired) electrons. The molecule has 1 heterocycles. The van der Waals surface area contributed by atoms with E-state index in [1.165, 1.54) is 0 Å². The van der Waals surface area contributed by atoms with E-state index in [2.05, 4.69) is 11.1 Å². The summed E-state index contributed by atoms with van der Waals surface area (Å²) in [6.45, 7) is 0. The van der Waals surface area contributed by atoms with Gasteiger partial charge in [0.1, 0.15) is 11.8 Å². The summed E-state index contributed by atoms with van der Waals surface area (Å²) in [5.41, 5.74) is 1.17. The van der Waals surface area contributed by atoms with Crippen LogP contribution < -0.4 is 0 Å². The largest absolute Gasteiger partial charge is 0.297 e. The number of nitriles is 1. The molecule has 0 atom stereocenters. The molecule has 1 aromatic carbocycles. The van der Waals surface area contributed by atoms with Gasteiger partial charge in [-0.3, -0.25) is 4.57 Å². The first-order valence-corrected chi connectivity index (χ1v) is 5.51. The van der Waals surface area contributed by atoms with Crippen molar-refractivity contribution in [1.29, 1.82) is 5.26 Å². The Morgan fingerprint density at radius 2 is 2.24 bits per heavy atom. The quantitative estimate of drug-likeness (QED) is 0.776. The average molecular weight is 264 g/mol. The molecule has 17 heavy (non-hydrogen) atoms. The minimum absolute atomic E-state index is 0.437. The zero-order chi connectivity index (χ0) is 12.3. The lowest BCUT2D eigenvalue weighted by Gasteiger charge is -2.02. The number of aromatic nitrogens is 2. The van der Waals surface area contributed by atoms with E-state index < -0.39 is 0 Å². The van der Waals surface area contributed by atoms with Crippen LogP contribution in [0, 0.1) is 11.3 Å². The van der Waals surface area contributed by atoms with Crippen molar-refractivity contribution in [3.8, 4) is 6.07 Å². The van der Waals surface area contributed by atoms with Crippen molar-refractivity contribution in [2.75, 3.05) is 0 Å². The normalized spacial score (nSPS) is 11.2. The minimum Gasteiger partial charge on any atom is -0.297 e. The van der Waals surface area contributed by atoms with Crippen LogP contribution in [0.4, 0.5) is 0 Å². The van der Waals surface area contributed by atoms with E-state index in [0.29, 0.717) is 15.7 Å². The van der Waals surface area contributed by atoms with Gasteiger partial charge in [0.15, 0.2) is 0 Å². The highest BCUT2D eigenvalue weighted by Gasteiger charge is 2.02. The van der Waals surface area contributed by atoms with Gasteiger partial charge in [-0.05, 0) is 23.8 Å². The highest BCUT2D eigenvalue weighted by Crippen LogP contribution is 2.23. The average Bonchev–Trinajstić information content (AvgIpc) is 2.81. The van der Waals surface area contributed by atoms with E-state index in [1.54, 1.807) is 47.6 Å². The third-order valence-corrected chi connectivity index (χ3v) is 2.71. The lowest BCUT2D eigenvalue weighted by Crippen LogP contribution is -1.90. The molecule has 1 aromatic heterocycles. The first kappa shape index (κ1) is 11.7. The van der Waals surface area contributed by atoms with Crippen LogP contribution in [-0.4, -0.2) is 9.55 Å². The van der Waals surface area contributed by atoms with E-state index in [9.17, 15) is 0 Å². The van der Waals surface area contributed by atoms with Crippen LogP contribution in [0.3, 0.4) is 0 Å². The molecular weight excluding hydrogens is 257 g/mol. The maximum atomic E-state index is 9.07. The molecule has 2 aromatic rings. The second-order valence-electron chi connectivity index (χ2n) is 3.28. The van der Waals surface area contributed by atoms with E-state index in [4.69, 9.17) is 28.5 Å². The molecule has 84 valence electrons. The number of hydrogen-bond acceptors (Lipinski definition) is 2. The summed E-state index contributed by atoms with van der Waals surface area (Å²) < 4.78 is 1.62. The molecule has 0 saturated carbocycles. The SMILES string of the molecule is N#C/C(=C\c1ccc(Cl)cc1Cl)n1ccnc1. The predicted octanol–water partition coefficient (Wildman–Crippen LogP) is 3.71. The topological polar surface area (TPSA) is 41.6 Å². The Morgan fingerprint density at radius 3 is 2.82 bits per heavy atom. The molecule has 0 aliphatic rings. The summed E-state index contributed by atoms with van der Waals surface area (Å²) in [6, 6.07) is 7.21. The van der Waals surface area contributed by atoms with Crippen LogP contribution in [-0.2, 0) is 0 Å². The zero-order valence-electron chi connectivity index (χ0n) is 8.64. The van der Waals surface area contributed by atoms with Crippen LogP contribution in [0.2, 0.25) is 10.0 Å². The number of benzene rings is 1. The Kier molecular flexibility index (Phi) is 3.48. The number of halogens is 2. The molecule has 0 amide bonds. The van der Waals surface area contributed by atoms with Crippen molar-refractivity contribution in [2.24, 2.45) is 0 Å². The van der Waals surface area contributed by atoms with Gasteiger partial charge in [0.05, 0.1) is 6.33 Å². The Bertz CT molecular complexity index is 595. The van der Waals surface area contributed by atoms with Crippen molar-refractivity contribution >= 4 is 35.0 Å². The Hall–Kier alpha value is -1.76. The predicted molar refractivity (Wildman–Crippen MR) is 68.5 cm³/mol. The Balaban J connectivity index is 2.44. The molecule has 2 rings (SSSR count). The number of hydrogen-bond donors (Lipinski definition) is 0. The van der Waals surface area contributed by atoms with Crippen molar-refractivity contribution in [2.45, 2.75) is 0 Å². The molecule has 0 spiro atoms. The van der Waals surface area contributed by atoms with Gasteiger partial charge >= 0.3 is 0 Å². The summed E-state index contributed by atoms with van der Waals surface area (Å²) in [4.78, 5) is 3.89. The fourth-order valence-electron chi connectivity index (χ4n) is 1.33. The molecule has 3 nitrogen and oxygen atoms in total. The van der Waals surface area contributed by atoms with Gasteiger partial charge in [0.2, 0.25) is 0 Å². The molecule has 0 aliphatic carbocycles. The Morgan fingerprint density at radius 1 is 1.41 bits per heavy atom. The second kappa shape index (κ2) is 5.05. The van der Waals surface area contributed by atoms with Gasteiger partial charge in [-0.1, -0.05) is 29.3 Å². The van der Waals surface area contributed by atoms with Gasteiger partial charge in [-0.2, -0.15) is 5.26 Å². The summed E-state index contributed by atoms with van der Waals surface area (Å²) >= 11 is 11.8. The fraction of sp³-hybridized carbons (Fsp3) is 0. The molecule has 0 fully saturated rings. The van der Waals surface area contributed by atoms with Crippen LogP contribution in [0.5, 0.6) is 0 Å². The smallest absolute Gasteiger partial charge is 0.126 e. The Labute approximate surface area is 109 Å². The molecule has 0 bridgehead atoms. The number of imidazole rings is 1. The van der Waals surface area contributed by atoms with Crippen LogP contribution in [0.1, 0.15) is 5.56 Å². The molecule has 0 saturated heterocycles. The lowest BCUT2D eigenvalue weighted by molar-refractivity contribution is 1.11. The molecule has 0 unspecified atom stereocenters. The van der Waals surface area contributed by atoms with E-state index in [0.717, 1.165) is 5.56 Å². The summed E-state index contributed by atoms with van der Waals surface area (Å²) in [6.07, 6.45) is 6.53. The van der Waals surface area contributed by atoms with Gasteiger partial charge in [0.25, 0.3) is 0 Å².